The Morgan fingerprint density at radius 3 is 2.58 bits per heavy atom. The third-order valence-electron chi connectivity index (χ3n) is 5.96. The molecular formula is C24H32N4O3. The van der Waals surface area contributed by atoms with Crippen LogP contribution in [0.4, 0.5) is 5.82 Å². The predicted molar refractivity (Wildman–Crippen MR) is 122 cm³/mol. The smallest absolute Gasteiger partial charge is 0.317 e. The minimum absolute atomic E-state index is 0.0417. The van der Waals surface area contributed by atoms with Crippen molar-refractivity contribution in [3.8, 4) is 11.3 Å². The lowest BCUT2D eigenvalue weighted by Gasteiger charge is -2.30. The molecule has 1 aliphatic rings. The molecule has 1 saturated heterocycles. The summed E-state index contributed by atoms with van der Waals surface area (Å²) in [7, 11) is 1.89. The molecule has 7 nitrogen and oxygen atoms in total. The molecule has 1 aromatic carbocycles. The van der Waals surface area contributed by atoms with E-state index in [0.717, 1.165) is 34.6 Å². The van der Waals surface area contributed by atoms with E-state index in [0.29, 0.717) is 32.5 Å². The van der Waals surface area contributed by atoms with Gasteiger partial charge in [-0.1, -0.05) is 25.1 Å². The number of carbonyl (C=O) groups is 2. The van der Waals surface area contributed by atoms with E-state index in [1.165, 1.54) is 5.56 Å². The molecule has 166 valence electrons. The van der Waals surface area contributed by atoms with Gasteiger partial charge in [0.15, 0.2) is 0 Å². The summed E-state index contributed by atoms with van der Waals surface area (Å²) in [5.41, 5.74) is 5.33. The number of benzene rings is 1. The van der Waals surface area contributed by atoms with Crippen LogP contribution in [0, 0.1) is 12.8 Å². The van der Waals surface area contributed by atoms with Crippen LogP contribution in [0.3, 0.4) is 0 Å². The van der Waals surface area contributed by atoms with Gasteiger partial charge in [-0.15, -0.1) is 0 Å². The standard InChI is InChI=1S/C24H32N4O3/c1-4-18-7-8-21(27-23(18)25-3)20-13-17(6-5-16(20)2)14-26-24(31)19-9-11-28(12-10-19)15-22(29)30/h5-8,13,19H,4,9-12,14-15H2,1-3H3,(H,25,27)(H,26,31)(H,29,30). The molecule has 2 heterocycles. The van der Waals surface area contributed by atoms with Crippen LogP contribution < -0.4 is 10.6 Å². The largest absolute Gasteiger partial charge is 0.480 e. The predicted octanol–water partition coefficient (Wildman–Crippen LogP) is 3.07. The van der Waals surface area contributed by atoms with Crippen LogP contribution in [-0.2, 0) is 22.6 Å². The molecule has 0 radical (unpaired) electrons. The number of aliphatic carboxylic acids is 1. The van der Waals surface area contributed by atoms with E-state index >= 15 is 0 Å². The zero-order valence-corrected chi connectivity index (χ0v) is 18.6. The highest BCUT2D eigenvalue weighted by Gasteiger charge is 2.25. The normalized spacial score (nSPS) is 14.9. The van der Waals surface area contributed by atoms with Gasteiger partial charge >= 0.3 is 5.97 Å². The van der Waals surface area contributed by atoms with Crippen molar-refractivity contribution in [1.82, 2.24) is 15.2 Å². The number of amides is 1. The summed E-state index contributed by atoms with van der Waals surface area (Å²) in [5, 5.41) is 15.1. The van der Waals surface area contributed by atoms with Crippen LogP contribution in [0.2, 0.25) is 0 Å². The third kappa shape index (κ3) is 5.82. The number of anilines is 1. The molecule has 0 unspecified atom stereocenters. The number of aromatic nitrogens is 1. The number of carboxylic acid groups (broad SMARTS) is 1. The molecule has 2 aromatic rings. The monoisotopic (exact) mass is 424 g/mol. The van der Waals surface area contributed by atoms with E-state index in [-0.39, 0.29) is 18.4 Å². The molecule has 0 spiro atoms. The maximum absolute atomic E-state index is 12.6. The van der Waals surface area contributed by atoms with E-state index in [1.807, 2.05) is 18.0 Å². The number of piperidine rings is 1. The number of hydrogen-bond acceptors (Lipinski definition) is 5. The van der Waals surface area contributed by atoms with E-state index in [9.17, 15) is 9.59 Å². The van der Waals surface area contributed by atoms with Crippen molar-refractivity contribution in [2.45, 2.75) is 39.7 Å². The molecule has 0 aliphatic carbocycles. The Morgan fingerprint density at radius 1 is 1.19 bits per heavy atom. The molecular weight excluding hydrogens is 392 g/mol. The van der Waals surface area contributed by atoms with Gasteiger partial charge in [0.25, 0.3) is 0 Å². The van der Waals surface area contributed by atoms with Crippen LogP contribution in [0.1, 0.15) is 36.5 Å². The number of carboxylic acids is 1. The highest BCUT2D eigenvalue weighted by Crippen LogP contribution is 2.26. The van der Waals surface area contributed by atoms with Crippen LogP contribution >= 0.6 is 0 Å². The lowest BCUT2D eigenvalue weighted by molar-refractivity contribution is -0.138. The van der Waals surface area contributed by atoms with Crippen molar-refractivity contribution in [3.63, 3.8) is 0 Å². The first-order valence-electron chi connectivity index (χ1n) is 10.9. The molecule has 3 N–H and O–H groups in total. The average molecular weight is 425 g/mol. The van der Waals surface area contributed by atoms with Gasteiger partial charge in [0.2, 0.25) is 5.91 Å². The minimum Gasteiger partial charge on any atom is -0.480 e. The van der Waals surface area contributed by atoms with Gasteiger partial charge in [0.1, 0.15) is 5.82 Å². The number of nitrogens with one attached hydrogen (secondary N) is 2. The van der Waals surface area contributed by atoms with Crippen molar-refractivity contribution >= 4 is 17.7 Å². The lowest BCUT2D eigenvalue weighted by Crippen LogP contribution is -2.42. The van der Waals surface area contributed by atoms with E-state index < -0.39 is 5.97 Å². The van der Waals surface area contributed by atoms with Crippen LogP contribution in [-0.4, -0.2) is 53.5 Å². The number of aryl methyl sites for hydroxylation is 2. The Labute approximate surface area is 183 Å². The molecule has 1 amide bonds. The minimum atomic E-state index is -0.821. The number of nitrogens with zero attached hydrogens (tertiary/aromatic N) is 2. The molecule has 1 fully saturated rings. The van der Waals surface area contributed by atoms with E-state index in [2.05, 4.69) is 48.7 Å². The number of rotatable bonds is 8. The van der Waals surface area contributed by atoms with Crippen molar-refractivity contribution in [1.29, 1.82) is 0 Å². The van der Waals surface area contributed by atoms with Crippen LogP contribution in [0.25, 0.3) is 11.3 Å². The highest BCUT2D eigenvalue weighted by molar-refractivity contribution is 5.79. The Kier molecular flexibility index (Phi) is 7.63. The second-order valence-corrected chi connectivity index (χ2v) is 8.12. The SMILES string of the molecule is CCc1ccc(-c2cc(CNC(=O)C3CCN(CC(=O)O)CC3)ccc2C)nc1NC. The first-order chi connectivity index (χ1) is 14.9. The molecule has 1 aromatic heterocycles. The number of likely N-dealkylation sites (tertiary alicyclic amines) is 1. The highest BCUT2D eigenvalue weighted by atomic mass is 16.4. The molecule has 7 heteroatoms. The fraction of sp³-hybridized carbons (Fsp3) is 0.458. The average Bonchev–Trinajstić information content (AvgIpc) is 2.78. The molecule has 0 atom stereocenters. The van der Waals surface area contributed by atoms with E-state index in [4.69, 9.17) is 10.1 Å². The summed E-state index contributed by atoms with van der Waals surface area (Å²) < 4.78 is 0. The van der Waals surface area contributed by atoms with Crippen molar-refractivity contribution in [3.05, 3.63) is 47.0 Å². The molecule has 3 rings (SSSR count). The molecule has 1 aliphatic heterocycles. The Bertz CT molecular complexity index is 936. The molecule has 31 heavy (non-hydrogen) atoms. The molecule has 0 saturated carbocycles. The Balaban J connectivity index is 1.63. The van der Waals surface area contributed by atoms with Crippen molar-refractivity contribution in [2.24, 2.45) is 5.92 Å². The van der Waals surface area contributed by atoms with Gasteiger partial charge < -0.3 is 15.7 Å². The van der Waals surface area contributed by atoms with Gasteiger partial charge in [0, 0.05) is 25.1 Å². The second-order valence-electron chi connectivity index (χ2n) is 8.12. The summed E-state index contributed by atoms with van der Waals surface area (Å²) >= 11 is 0. The van der Waals surface area contributed by atoms with Gasteiger partial charge in [-0.2, -0.15) is 0 Å². The first kappa shape index (κ1) is 22.7. The first-order valence-corrected chi connectivity index (χ1v) is 10.9. The number of hydrogen-bond donors (Lipinski definition) is 3. The van der Waals surface area contributed by atoms with Gasteiger partial charge in [-0.3, -0.25) is 14.5 Å². The zero-order chi connectivity index (χ0) is 22.4. The summed E-state index contributed by atoms with van der Waals surface area (Å²) in [5.74, 6) is 0.0579. The van der Waals surface area contributed by atoms with E-state index in [1.54, 1.807) is 0 Å². The maximum Gasteiger partial charge on any atom is 0.317 e. The van der Waals surface area contributed by atoms with Gasteiger partial charge in [-0.25, -0.2) is 4.98 Å². The summed E-state index contributed by atoms with van der Waals surface area (Å²) in [6, 6.07) is 10.4. The third-order valence-corrected chi connectivity index (χ3v) is 5.96. The van der Waals surface area contributed by atoms with Crippen LogP contribution in [0.15, 0.2) is 30.3 Å². The van der Waals surface area contributed by atoms with Crippen molar-refractivity contribution in [2.75, 3.05) is 32.0 Å². The molecule has 0 bridgehead atoms. The zero-order valence-electron chi connectivity index (χ0n) is 18.6. The van der Waals surface area contributed by atoms with Gasteiger partial charge in [-0.05, 0) is 68.1 Å². The Morgan fingerprint density at radius 2 is 1.94 bits per heavy atom. The summed E-state index contributed by atoms with van der Waals surface area (Å²) in [6.07, 6.45) is 2.31. The quantitative estimate of drug-likeness (QED) is 0.603. The second kappa shape index (κ2) is 10.4. The lowest BCUT2D eigenvalue weighted by atomic mass is 9.95. The summed E-state index contributed by atoms with van der Waals surface area (Å²) in [6.45, 7) is 5.98. The fourth-order valence-electron chi connectivity index (χ4n) is 4.07. The number of carbonyl (C=O) groups excluding carboxylic acids is 1. The maximum atomic E-state index is 12.6. The Hall–Kier alpha value is -2.93. The summed E-state index contributed by atoms with van der Waals surface area (Å²) in [4.78, 5) is 30.1. The van der Waals surface area contributed by atoms with Crippen molar-refractivity contribution < 1.29 is 14.7 Å². The number of pyridine rings is 1. The fourth-order valence-corrected chi connectivity index (χ4v) is 4.07. The van der Waals surface area contributed by atoms with Gasteiger partial charge in [0.05, 0.1) is 12.2 Å². The topological polar surface area (TPSA) is 94.6 Å². The van der Waals surface area contributed by atoms with Crippen LogP contribution in [0.5, 0.6) is 0 Å².